The summed E-state index contributed by atoms with van der Waals surface area (Å²) >= 11 is 2.02. The van der Waals surface area contributed by atoms with Gasteiger partial charge in [0, 0.05) is 25.4 Å². The zero-order valence-electron chi connectivity index (χ0n) is 10.9. The second-order valence-electron chi connectivity index (χ2n) is 4.67. The normalized spacial score (nSPS) is 19.8. The average molecular weight is 254 g/mol. The molecule has 2 rings (SSSR count). The fourth-order valence-corrected chi connectivity index (χ4v) is 3.59. The highest BCUT2D eigenvalue weighted by molar-refractivity contribution is 7.99. The highest BCUT2D eigenvalue weighted by Gasteiger charge is 2.25. The van der Waals surface area contributed by atoms with E-state index in [1.54, 1.807) is 0 Å². The molecular formula is C12H22N4S. The molecule has 1 atom stereocenters. The summed E-state index contributed by atoms with van der Waals surface area (Å²) < 4.78 is 2.06. The largest absolute Gasteiger partial charge is 0.394 e. The number of nitrogens with two attached hydrogens (primary N) is 1. The van der Waals surface area contributed by atoms with Gasteiger partial charge in [0.15, 0.2) is 5.82 Å². The third kappa shape index (κ3) is 2.39. The van der Waals surface area contributed by atoms with Crippen molar-refractivity contribution in [3.05, 3.63) is 5.69 Å². The smallest absolute Gasteiger partial charge is 0.150 e. The van der Waals surface area contributed by atoms with E-state index in [1.807, 2.05) is 18.7 Å². The first-order valence-electron chi connectivity index (χ1n) is 6.28. The highest BCUT2D eigenvalue weighted by atomic mass is 32.2. The van der Waals surface area contributed by atoms with Crippen LogP contribution in [-0.4, -0.2) is 34.4 Å². The average Bonchev–Trinajstić information content (AvgIpc) is 2.89. The molecule has 0 amide bonds. The molecule has 1 saturated heterocycles. The Morgan fingerprint density at radius 3 is 2.94 bits per heavy atom. The van der Waals surface area contributed by atoms with Crippen molar-refractivity contribution in [2.75, 3.05) is 29.2 Å². The van der Waals surface area contributed by atoms with E-state index in [9.17, 15) is 0 Å². The number of nitrogen functional groups attached to an aromatic ring is 1. The molecule has 17 heavy (non-hydrogen) atoms. The molecule has 1 unspecified atom stereocenters. The summed E-state index contributed by atoms with van der Waals surface area (Å²) in [6.07, 6.45) is 2.33. The van der Waals surface area contributed by atoms with Gasteiger partial charge in [-0.15, -0.1) is 0 Å². The lowest BCUT2D eigenvalue weighted by Gasteiger charge is -2.27. The lowest BCUT2D eigenvalue weighted by Crippen LogP contribution is -2.33. The zero-order valence-corrected chi connectivity index (χ0v) is 11.8. The van der Waals surface area contributed by atoms with Crippen LogP contribution in [0.2, 0.25) is 0 Å². The molecule has 2 N–H and O–H groups in total. The van der Waals surface area contributed by atoms with Crippen LogP contribution in [0.4, 0.5) is 11.5 Å². The Hall–Kier alpha value is -0.840. The summed E-state index contributed by atoms with van der Waals surface area (Å²) in [6, 6.07) is 0.606. The molecular weight excluding hydrogens is 232 g/mol. The quantitative estimate of drug-likeness (QED) is 0.894. The number of hydrogen-bond donors (Lipinski definition) is 1. The van der Waals surface area contributed by atoms with Crippen molar-refractivity contribution in [2.45, 2.75) is 39.3 Å². The summed E-state index contributed by atoms with van der Waals surface area (Å²) in [5.41, 5.74) is 7.97. The maximum atomic E-state index is 6.17. The second-order valence-corrected chi connectivity index (χ2v) is 5.82. The molecule has 1 aromatic heterocycles. The predicted molar refractivity (Wildman–Crippen MR) is 75.8 cm³/mol. The molecule has 1 aliphatic heterocycles. The fraction of sp³-hybridized carbons (Fsp3) is 0.750. The zero-order chi connectivity index (χ0) is 12.4. The van der Waals surface area contributed by atoms with Crippen LogP contribution < -0.4 is 10.6 Å². The Balaban J connectivity index is 2.28. The minimum atomic E-state index is 0.606. The fourth-order valence-electron chi connectivity index (χ4n) is 2.32. The third-order valence-corrected chi connectivity index (χ3v) is 4.51. The van der Waals surface area contributed by atoms with Gasteiger partial charge >= 0.3 is 0 Å². The van der Waals surface area contributed by atoms with Crippen molar-refractivity contribution in [3.8, 4) is 0 Å². The molecule has 0 spiro atoms. The number of nitrogens with zero attached hydrogens (tertiary/aromatic N) is 3. The van der Waals surface area contributed by atoms with Crippen molar-refractivity contribution >= 4 is 23.3 Å². The standard InChI is InChI=1S/C12H22N4S/c1-4-6-16-12(11(13)9(2)14-16)15(3)10-5-7-17-8-10/h10H,4-8,13H2,1-3H3. The van der Waals surface area contributed by atoms with Crippen molar-refractivity contribution < 1.29 is 0 Å². The number of hydrogen-bond acceptors (Lipinski definition) is 4. The van der Waals surface area contributed by atoms with Crippen LogP contribution in [0.25, 0.3) is 0 Å². The molecule has 4 nitrogen and oxygen atoms in total. The molecule has 0 saturated carbocycles. The number of thioether (sulfide) groups is 1. The molecule has 0 radical (unpaired) electrons. The topological polar surface area (TPSA) is 47.1 Å². The molecule has 0 bridgehead atoms. The number of aromatic nitrogens is 2. The number of rotatable bonds is 4. The van der Waals surface area contributed by atoms with Gasteiger partial charge in [-0.3, -0.25) is 0 Å². The van der Waals surface area contributed by atoms with Gasteiger partial charge in [0.25, 0.3) is 0 Å². The third-order valence-electron chi connectivity index (χ3n) is 3.37. The van der Waals surface area contributed by atoms with E-state index in [2.05, 4.69) is 28.7 Å². The first kappa shape index (κ1) is 12.6. The van der Waals surface area contributed by atoms with Crippen molar-refractivity contribution in [1.82, 2.24) is 9.78 Å². The van der Waals surface area contributed by atoms with E-state index in [-0.39, 0.29) is 0 Å². The summed E-state index contributed by atoms with van der Waals surface area (Å²) in [4.78, 5) is 2.32. The SMILES string of the molecule is CCCn1nc(C)c(N)c1N(C)C1CCSC1. The van der Waals surface area contributed by atoms with Gasteiger partial charge in [0.1, 0.15) is 0 Å². The van der Waals surface area contributed by atoms with Crippen LogP contribution in [-0.2, 0) is 6.54 Å². The minimum absolute atomic E-state index is 0.606. The van der Waals surface area contributed by atoms with Gasteiger partial charge in [-0.25, -0.2) is 4.68 Å². The molecule has 2 heterocycles. The summed E-state index contributed by atoms with van der Waals surface area (Å²) in [5, 5.41) is 4.54. The van der Waals surface area contributed by atoms with E-state index in [4.69, 9.17) is 5.73 Å². The van der Waals surface area contributed by atoms with Crippen LogP contribution >= 0.6 is 11.8 Å². The summed E-state index contributed by atoms with van der Waals surface area (Å²) in [7, 11) is 2.15. The van der Waals surface area contributed by atoms with Crippen molar-refractivity contribution in [2.24, 2.45) is 0 Å². The van der Waals surface area contributed by atoms with E-state index in [0.29, 0.717) is 6.04 Å². The van der Waals surface area contributed by atoms with Gasteiger partial charge in [-0.2, -0.15) is 16.9 Å². The van der Waals surface area contributed by atoms with E-state index >= 15 is 0 Å². The Bertz CT molecular complexity index is 382. The molecule has 1 aliphatic rings. The Morgan fingerprint density at radius 2 is 2.35 bits per heavy atom. The molecule has 0 aliphatic carbocycles. The Kier molecular flexibility index (Phi) is 3.86. The number of anilines is 2. The van der Waals surface area contributed by atoms with Gasteiger partial charge in [0.2, 0.25) is 0 Å². The van der Waals surface area contributed by atoms with Gasteiger partial charge < -0.3 is 10.6 Å². The van der Waals surface area contributed by atoms with E-state index in [0.717, 1.165) is 30.2 Å². The second kappa shape index (κ2) is 5.21. The van der Waals surface area contributed by atoms with Crippen molar-refractivity contribution in [3.63, 3.8) is 0 Å². The Morgan fingerprint density at radius 1 is 1.59 bits per heavy atom. The lowest BCUT2D eigenvalue weighted by molar-refractivity contribution is 0.575. The summed E-state index contributed by atoms with van der Waals surface area (Å²) in [5.74, 6) is 3.57. The molecule has 1 aromatic rings. The first-order chi connectivity index (χ1) is 8.15. The van der Waals surface area contributed by atoms with Crippen LogP contribution in [0.1, 0.15) is 25.5 Å². The molecule has 0 aromatic carbocycles. The van der Waals surface area contributed by atoms with Gasteiger partial charge in [-0.05, 0) is 25.5 Å². The van der Waals surface area contributed by atoms with Gasteiger partial charge in [0.05, 0.1) is 11.4 Å². The monoisotopic (exact) mass is 254 g/mol. The minimum Gasteiger partial charge on any atom is -0.394 e. The number of aryl methyl sites for hydroxylation is 2. The Labute approximate surface area is 108 Å². The van der Waals surface area contributed by atoms with Crippen LogP contribution in [0, 0.1) is 6.92 Å². The van der Waals surface area contributed by atoms with Crippen LogP contribution in [0.5, 0.6) is 0 Å². The molecule has 1 fully saturated rings. The van der Waals surface area contributed by atoms with Crippen LogP contribution in [0.3, 0.4) is 0 Å². The highest BCUT2D eigenvalue weighted by Crippen LogP contribution is 2.31. The maximum Gasteiger partial charge on any atom is 0.150 e. The summed E-state index contributed by atoms with van der Waals surface area (Å²) in [6.45, 7) is 5.10. The van der Waals surface area contributed by atoms with E-state index < -0.39 is 0 Å². The molecule has 5 heteroatoms. The predicted octanol–water partition coefficient (Wildman–Crippen LogP) is 2.13. The first-order valence-corrected chi connectivity index (χ1v) is 7.44. The van der Waals surface area contributed by atoms with Gasteiger partial charge in [-0.1, -0.05) is 6.92 Å². The maximum absolute atomic E-state index is 6.17. The van der Waals surface area contributed by atoms with Crippen molar-refractivity contribution in [1.29, 1.82) is 0 Å². The van der Waals surface area contributed by atoms with Crippen LogP contribution in [0.15, 0.2) is 0 Å². The molecule has 96 valence electrons. The van der Waals surface area contributed by atoms with E-state index in [1.165, 1.54) is 17.9 Å². The lowest BCUT2D eigenvalue weighted by atomic mass is 10.2.